The third-order valence-corrected chi connectivity index (χ3v) is 3.67. The van der Waals surface area contributed by atoms with Gasteiger partial charge in [-0.2, -0.15) is 0 Å². The van der Waals surface area contributed by atoms with E-state index in [1.807, 2.05) is 19.1 Å². The second kappa shape index (κ2) is 6.78. The van der Waals surface area contributed by atoms with Crippen molar-refractivity contribution in [2.45, 2.75) is 19.6 Å². The van der Waals surface area contributed by atoms with Gasteiger partial charge in [0.1, 0.15) is 23.4 Å². The Bertz CT molecular complexity index is 689. The van der Waals surface area contributed by atoms with Gasteiger partial charge in [-0.05, 0) is 31.2 Å². The number of morpholine rings is 1. The van der Waals surface area contributed by atoms with Gasteiger partial charge in [-0.25, -0.2) is 9.18 Å². The predicted octanol–water partition coefficient (Wildman–Crippen LogP) is 2.41. The molecule has 7 heteroatoms. The van der Waals surface area contributed by atoms with Crippen molar-refractivity contribution in [1.82, 2.24) is 15.2 Å². The number of aromatic nitrogens is 1. The molecule has 2 aromatic heterocycles. The maximum Gasteiger partial charge on any atom is 0.317 e. The Hall–Kier alpha value is -2.41. The number of ether oxygens (including phenoxy) is 1. The monoisotopic (exact) mass is 319 g/mol. The lowest BCUT2D eigenvalue weighted by atomic mass is 10.2. The number of pyridine rings is 1. The molecule has 23 heavy (non-hydrogen) atoms. The molecule has 1 fully saturated rings. The number of rotatable bonds is 3. The first-order valence-corrected chi connectivity index (χ1v) is 7.43. The Morgan fingerprint density at radius 1 is 1.48 bits per heavy atom. The van der Waals surface area contributed by atoms with Crippen molar-refractivity contribution in [3.8, 4) is 0 Å². The highest BCUT2D eigenvalue weighted by molar-refractivity contribution is 5.74. The molecular weight excluding hydrogens is 301 g/mol. The molecule has 3 heterocycles. The van der Waals surface area contributed by atoms with Crippen molar-refractivity contribution in [1.29, 1.82) is 0 Å². The van der Waals surface area contributed by atoms with Crippen LogP contribution in [0.3, 0.4) is 0 Å². The number of amides is 2. The minimum absolute atomic E-state index is 0.0490. The van der Waals surface area contributed by atoms with Gasteiger partial charge < -0.3 is 19.4 Å². The molecule has 0 radical (unpaired) electrons. The van der Waals surface area contributed by atoms with Crippen LogP contribution in [0.2, 0.25) is 0 Å². The van der Waals surface area contributed by atoms with Crippen molar-refractivity contribution in [2.24, 2.45) is 0 Å². The van der Waals surface area contributed by atoms with Gasteiger partial charge in [-0.1, -0.05) is 0 Å². The van der Waals surface area contributed by atoms with Gasteiger partial charge in [0.05, 0.1) is 25.4 Å². The van der Waals surface area contributed by atoms with Gasteiger partial charge in [-0.3, -0.25) is 4.98 Å². The molecule has 2 aromatic rings. The Labute approximate surface area is 133 Å². The number of nitrogens with zero attached hydrogens (tertiary/aromatic N) is 2. The quantitative estimate of drug-likeness (QED) is 0.943. The van der Waals surface area contributed by atoms with E-state index in [9.17, 15) is 9.18 Å². The normalized spacial score (nSPS) is 18.0. The SMILES string of the molecule is Cc1ccc([C@H]2CN(C(=O)NCc3ncccc3F)CCO2)o1. The van der Waals surface area contributed by atoms with Crippen molar-refractivity contribution in [3.05, 3.63) is 53.5 Å². The number of urea groups is 1. The van der Waals surface area contributed by atoms with E-state index in [-0.39, 0.29) is 24.4 Å². The minimum Gasteiger partial charge on any atom is -0.464 e. The van der Waals surface area contributed by atoms with E-state index in [1.165, 1.54) is 18.3 Å². The zero-order valence-corrected chi connectivity index (χ0v) is 12.8. The first-order chi connectivity index (χ1) is 11.1. The van der Waals surface area contributed by atoms with E-state index in [2.05, 4.69) is 10.3 Å². The fourth-order valence-corrected chi connectivity index (χ4v) is 2.45. The minimum atomic E-state index is -0.432. The van der Waals surface area contributed by atoms with Gasteiger partial charge in [0.2, 0.25) is 0 Å². The molecule has 0 unspecified atom stereocenters. The van der Waals surface area contributed by atoms with Gasteiger partial charge in [0.25, 0.3) is 0 Å². The van der Waals surface area contributed by atoms with Crippen LogP contribution >= 0.6 is 0 Å². The van der Waals surface area contributed by atoms with Crippen LogP contribution in [0.1, 0.15) is 23.3 Å². The molecule has 0 saturated carbocycles. The van der Waals surface area contributed by atoms with Crippen LogP contribution in [0.5, 0.6) is 0 Å². The van der Waals surface area contributed by atoms with Crippen LogP contribution in [-0.2, 0) is 11.3 Å². The summed E-state index contributed by atoms with van der Waals surface area (Å²) in [6, 6.07) is 6.27. The summed E-state index contributed by atoms with van der Waals surface area (Å²) in [7, 11) is 0. The molecule has 1 aliphatic heterocycles. The van der Waals surface area contributed by atoms with Crippen LogP contribution in [0, 0.1) is 12.7 Å². The molecule has 1 saturated heterocycles. The van der Waals surface area contributed by atoms with E-state index in [0.29, 0.717) is 25.5 Å². The Balaban J connectivity index is 1.58. The topological polar surface area (TPSA) is 67.6 Å². The summed E-state index contributed by atoms with van der Waals surface area (Å²) < 4.78 is 24.7. The van der Waals surface area contributed by atoms with E-state index < -0.39 is 5.82 Å². The average Bonchev–Trinajstić information content (AvgIpc) is 3.00. The molecule has 2 amide bonds. The van der Waals surface area contributed by atoms with Crippen molar-refractivity contribution in [2.75, 3.05) is 19.7 Å². The van der Waals surface area contributed by atoms with Crippen LogP contribution < -0.4 is 5.32 Å². The lowest BCUT2D eigenvalue weighted by Crippen LogP contribution is -2.47. The maximum atomic E-state index is 13.5. The molecule has 122 valence electrons. The molecule has 1 aliphatic rings. The Morgan fingerprint density at radius 2 is 2.35 bits per heavy atom. The molecular formula is C16H18FN3O3. The van der Waals surface area contributed by atoms with E-state index in [4.69, 9.17) is 9.15 Å². The number of nitrogens with one attached hydrogen (secondary N) is 1. The summed E-state index contributed by atoms with van der Waals surface area (Å²) in [5.74, 6) is 1.07. The molecule has 3 rings (SSSR count). The summed E-state index contributed by atoms with van der Waals surface area (Å²) in [5.41, 5.74) is 0.215. The summed E-state index contributed by atoms with van der Waals surface area (Å²) in [6.45, 7) is 3.21. The lowest BCUT2D eigenvalue weighted by Gasteiger charge is -2.32. The number of carbonyl (C=O) groups excluding carboxylic acids is 1. The number of furan rings is 1. The highest BCUT2D eigenvalue weighted by atomic mass is 19.1. The molecule has 0 spiro atoms. The smallest absolute Gasteiger partial charge is 0.317 e. The number of hydrogen-bond donors (Lipinski definition) is 1. The van der Waals surface area contributed by atoms with Crippen molar-refractivity contribution in [3.63, 3.8) is 0 Å². The van der Waals surface area contributed by atoms with Crippen molar-refractivity contribution >= 4 is 6.03 Å². The van der Waals surface area contributed by atoms with Crippen LogP contribution in [0.4, 0.5) is 9.18 Å². The fraction of sp³-hybridized carbons (Fsp3) is 0.375. The second-order valence-corrected chi connectivity index (χ2v) is 5.34. The zero-order chi connectivity index (χ0) is 16.2. The fourth-order valence-electron chi connectivity index (χ4n) is 2.45. The number of carbonyl (C=O) groups is 1. The van der Waals surface area contributed by atoms with Crippen LogP contribution in [0.15, 0.2) is 34.9 Å². The Morgan fingerprint density at radius 3 is 3.09 bits per heavy atom. The summed E-state index contributed by atoms with van der Waals surface area (Å²) in [6.07, 6.45) is 1.21. The predicted molar refractivity (Wildman–Crippen MR) is 80.1 cm³/mol. The number of hydrogen-bond acceptors (Lipinski definition) is 4. The van der Waals surface area contributed by atoms with E-state index in [1.54, 1.807) is 4.90 Å². The molecule has 6 nitrogen and oxygen atoms in total. The van der Waals surface area contributed by atoms with Gasteiger partial charge in [-0.15, -0.1) is 0 Å². The molecule has 0 bridgehead atoms. The number of halogens is 1. The second-order valence-electron chi connectivity index (χ2n) is 5.34. The maximum absolute atomic E-state index is 13.5. The average molecular weight is 319 g/mol. The Kier molecular flexibility index (Phi) is 4.57. The lowest BCUT2D eigenvalue weighted by molar-refractivity contribution is -0.0263. The first kappa shape index (κ1) is 15.5. The van der Waals surface area contributed by atoms with Gasteiger partial charge in [0, 0.05) is 12.7 Å². The first-order valence-electron chi connectivity index (χ1n) is 7.43. The zero-order valence-electron chi connectivity index (χ0n) is 12.8. The van der Waals surface area contributed by atoms with Crippen molar-refractivity contribution < 1.29 is 18.3 Å². The summed E-state index contributed by atoms with van der Waals surface area (Å²) in [4.78, 5) is 17.8. The highest BCUT2D eigenvalue weighted by Gasteiger charge is 2.27. The van der Waals surface area contributed by atoms with Gasteiger partial charge in [0.15, 0.2) is 0 Å². The number of aryl methyl sites for hydroxylation is 1. The molecule has 0 aromatic carbocycles. The third-order valence-electron chi connectivity index (χ3n) is 3.67. The van der Waals surface area contributed by atoms with E-state index in [0.717, 1.165) is 5.76 Å². The molecule has 1 N–H and O–H groups in total. The van der Waals surface area contributed by atoms with E-state index >= 15 is 0 Å². The van der Waals surface area contributed by atoms with Crippen LogP contribution in [0.25, 0.3) is 0 Å². The highest BCUT2D eigenvalue weighted by Crippen LogP contribution is 2.24. The molecule has 1 atom stereocenters. The molecule has 0 aliphatic carbocycles. The largest absolute Gasteiger partial charge is 0.464 e. The van der Waals surface area contributed by atoms with Gasteiger partial charge >= 0.3 is 6.03 Å². The standard InChI is InChI=1S/C16H18FN3O3/c1-11-4-5-14(23-11)15-10-20(7-8-22-15)16(21)19-9-13-12(17)3-2-6-18-13/h2-6,15H,7-10H2,1H3,(H,19,21)/t15-/m1/s1. The summed E-state index contributed by atoms with van der Waals surface area (Å²) >= 11 is 0. The third kappa shape index (κ3) is 3.68. The summed E-state index contributed by atoms with van der Waals surface area (Å²) in [5, 5.41) is 2.69. The van der Waals surface area contributed by atoms with Crippen LogP contribution in [-0.4, -0.2) is 35.6 Å².